The van der Waals surface area contributed by atoms with Gasteiger partial charge < -0.3 is 16.0 Å². The smallest absolute Gasteiger partial charge is 0.318 e. The molecule has 0 unspecified atom stereocenters. The fourth-order valence-electron chi connectivity index (χ4n) is 3.30. The number of benzene rings is 2. The number of urea groups is 1. The number of piperidine rings is 1. The lowest BCUT2D eigenvalue weighted by molar-refractivity contribution is 0.102. The Morgan fingerprint density at radius 1 is 0.900 bits per heavy atom. The number of carbonyl (C=O) groups excluding carboxylic acids is 2. The van der Waals surface area contributed by atoms with E-state index < -0.39 is 15.9 Å². The van der Waals surface area contributed by atoms with Crippen molar-refractivity contribution in [3.05, 3.63) is 53.6 Å². The van der Waals surface area contributed by atoms with Gasteiger partial charge in [0, 0.05) is 37.1 Å². The maximum atomic E-state index is 13.0. The number of carbonyl (C=O) groups is 2. The number of hydrogen-bond acceptors (Lipinski definition) is 4. The topological polar surface area (TPSA) is 108 Å². The molecule has 2 aromatic rings. The van der Waals surface area contributed by atoms with E-state index in [4.69, 9.17) is 0 Å². The highest BCUT2D eigenvalue weighted by Crippen LogP contribution is 2.25. The van der Waals surface area contributed by atoms with Crippen LogP contribution in [-0.4, -0.2) is 44.8 Å². The van der Waals surface area contributed by atoms with E-state index in [1.54, 1.807) is 43.3 Å². The molecule has 0 aromatic heterocycles. The second kappa shape index (κ2) is 9.27. The summed E-state index contributed by atoms with van der Waals surface area (Å²) in [4.78, 5) is 24.2. The van der Waals surface area contributed by atoms with Gasteiger partial charge in [-0.05, 0) is 61.7 Å². The highest BCUT2D eigenvalue weighted by molar-refractivity contribution is 7.89. The molecule has 2 aromatic carbocycles. The van der Waals surface area contributed by atoms with E-state index >= 15 is 0 Å². The van der Waals surface area contributed by atoms with Crippen LogP contribution in [0.25, 0.3) is 0 Å². The molecule has 1 aliphatic heterocycles. The van der Waals surface area contributed by atoms with Crippen LogP contribution in [-0.2, 0) is 10.0 Å². The van der Waals surface area contributed by atoms with Gasteiger partial charge in [-0.2, -0.15) is 4.31 Å². The van der Waals surface area contributed by atoms with E-state index in [-0.39, 0.29) is 16.5 Å². The minimum atomic E-state index is -3.63. The summed E-state index contributed by atoms with van der Waals surface area (Å²) in [7, 11) is -2.12. The van der Waals surface area contributed by atoms with Gasteiger partial charge in [0.25, 0.3) is 5.91 Å². The number of anilines is 2. The van der Waals surface area contributed by atoms with Crippen LogP contribution in [0.3, 0.4) is 0 Å². The Hall–Kier alpha value is -2.91. The summed E-state index contributed by atoms with van der Waals surface area (Å²) in [5.41, 5.74) is 1.99. The highest BCUT2D eigenvalue weighted by Gasteiger charge is 2.28. The van der Waals surface area contributed by atoms with Gasteiger partial charge in [0.05, 0.1) is 4.90 Å². The van der Waals surface area contributed by atoms with Crippen LogP contribution in [0.4, 0.5) is 16.2 Å². The molecular weight excluding hydrogens is 404 g/mol. The molecule has 3 N–H and O–H groups in total. The van der Waals surface area contributed by atoms with Gasteiger partial charge in [-0.25, -0.2) is 13.2 Å². The molecule has 0 radical (unpaired) electrons. The quantitative estimate of drug-likeness (QED) is 0.677. The van der Waals surface area contributed by atoms with Crippen LogP contribution in [0.1, 0.15) is 35.2 Å². The van der Waals surface area contributed by atoms with E-state index in [1.165, 1.54) is 17.4 Å². The van der Waals surface area contributed by atoms with Crippen LogP contribution in [0, 0.1) is 6.92 Å². The third kappa shape index (κ3) is 4.98. The largest absolute Gasteiger partial charge is 0.341 e. The zero-order chi connectivity index (χ0) is 21.7. The molecule has 0 spiro atoms. The van der Waals surface area contributed by atoms with Crippen molar-refractivity contribution >= 4 is 33.3 Å². The van der Waals surface area contributed by atoms with Crippen molar-refractivity contribution in [1.29, 1.82) is 0 Å². The first-order chi connectivity index (χ1) is 14.3. The van der Waals surface area contributed by atoms with Gasteiger partial charge >= 0.3 is 6.03 Å². The van der Waals surface area contributed by atoms with E-state index in [0.717, 1.165) is 19.3 Å². The third-order valence-corrected chi connectivity index (χ3v) is 7.05. The molecule has 160 valence electrons. The van der Waals surface area contributed by atoms with Gasteiger partial charge in [-0.15, -0.1) is 0 Å². The average Bonchev–Trinajstić information content (AvgIpc) is 2.75. The highest BCUT2D eigenvalue weighted by atomic mass is 32.2. The van der Waals surface area contributed by atoms with E-state index in [2.05, 4.69) is 16.0 Å². The molecule has 9 heteroatoms. The number of amides is 3. The number of hydrogen-bond donors (Lipinski definition) is 3. The second-order valence-corrected chi connectivity index (χ2v) is 9.09. The number of sulfonamides is 1. The van der Waals surface area contributed by atoms with Gasteiger partial charge in [-0.1, -0.05) is 12.5 Å². The Balaban J connectivity index is 1.77. The van der Waals surface area contributed by atoms with Crippen molar-refractivity contribution in [3.63, 3.8) is 0 Å². The summed E-state index contributed by atoms with van der Waals surface area (Å²) in [6, 6.07) is 11.0. The van der Waals surface area contributed by atoms with Crippen molar-refractivity contribution in [2.75, 3.05) is 30.8 Å². The first-order valence-corrected chi connectivity index (χ1v) is 11.3. The van der Waals surface area contributed by atoms with Crippen molar-refractivity contribution in [3.8, 4) is 0 Å². The number of nitrogens with one attached hydrogen (secondary N) is 3. The number of aryl methyl sites for hydroxylation is 1. The molecule has 1 saturated heterocycles. The summed E-state index contributed by atoms with van der Waals surface area (Å²) >= 11 is 0. The Morgan fingerprint density at radius 3 is 2.10 bits per heavy atom. The summed E-state index contributed by atoms with van der Waals surface area (Å²) in [5.74, 6) is -0.405. The normalized spacial score (nSPS) is 14.7. The summed E-state index contributed by atoms with van der Waals surface area (Å²) in [6.45, 7) is 2.75. The molecular formula is C21H26N4O4S. The molecule has 0 saturated carbocycles. The summed E-state index contributed by atoms with van der Waals surface area (Å²) in [5, 5.41) is 7.84. The Bertz CT molecular complexity index is 1030. The van der Waals surface area contributed by atoms with Crippen molar-refractivity contribution in [2.45, 2.75) is 31.1 Å². The van der Waals surface area contributed by atoms with Crippen molar-refractivity contribution in [1.82, 2.24) is 9.62 Å². The molecule has 1 heterocycles. The monoisotopic (exact) mass is 430 g/mol. The molecule has 1 aliphatic rings. The van der Waals surface area contributed by atoms with Crippen LogP contribution >= 0.6 is 0 Å². The molecule has 3 rings (SSSR count). The first-order valence-electron chi connectivity index (χ1n) is 9.82. The van der Waals surface area contributed by atoms with Crippen LogP contribution in [0.5, 0.6) is 0 Å². The molecule has 3 amide bonds. The van der Waals surface area contributed by atoms with Gasteiger partial charge in [0.15, 0.2) is 0 Å². The van der Waals surface area contributed by atoms with Crippen molar-refractivity contribution < 1.29 is 18.0 Å². The fraction of sp³-hybridized carbons (Fsp3) is 0.333. The zero-order valence-electron chi connectivity index (χ0n) is 17.1. The summed E-state index contributed by atoms with van der Waals surface area (Å²) in [6.07, 6.45) is 2.73. The third-order valence-electron chi connectivity index (χ3n) is 5.01. The molecule has 30 heavy (non-hydrogen) atoms. The fourth-order valence-corrected chi connectivity index (χ4v) is 5.07. The summed E-state index contributed by atoms with van der Waals surface area (Å²) < 4.78 is 27.6. The SMILES string of the molecule is CNC(=O)Nc1ccc(NC(=O)c2ccc(C)c(S(=O)(=O)N3CCCCC3)c2)cc1. The average molecular weight is 431 g/mol. The lowest BCUT2D eigenvalue weighted by Gasteiger charge is -2.26. The predicted octanol–water partition coefficient (Wildman–Crippen LogP) is 3.17. The van der Waals surface area contributed by atoms with E-state index in [0.29, 0.717) is 30.0 Å². The Kier molecular flexibility index (Phi) is 6.73. The number of nitrogens with zero attached hydrogens (tertiary/aromatic N) is 1. The Labute approximate surface area is 176 Å². The van der Waals surface area contributed by atoms with E-state index in [1.807, 2.05) is 0 Å². The second-order valence-electron chi connectivity index (χ2n) is 7.18. The number of rotatable bonds is 5. The molecule has 8 nitrogen and oxygen atoms in total. The van der Waals surface area contributed by atoms with E-state index in [9.17, 15) is 18.0 Å². The molecule has 0 aliphatic carbocycles. The lowest BCUT2D eigenvalue weighted by atomic mass is 10.1. The molecule has 0 atom stereocenters. The predicted molar refractivity (Wildman–Crippen MR) is 116 cm³/mol. The van der Waals surface area contributed by atoms with Crippen molar-refractivity contribution in [2.24, 2.45) is 0 Å². The maximum absolute atomic E-state index is 13.0. The van der Waals surface area contributed by atoms with Crippen LogP contribution in [0.15, 0.2) is 47.4 Å². The standard InChI is InChI=1S/C21H26N4O4S/c1-15-6-7-16(14-19(15)30(28,29)25-12-4-3-5-13-25)20(26)23-17-8-10-18(11-9-17)24-21(27)22-2/h6-11,14H,3-5,12-13H2,1-2H3,(H,23,26)(H2,22,24,27). The minimum absolute atomic E-state index is 0.169. The van der Waals surface area contributed by atoms with Gasteiger partial charge in [-0.3, -0.25) is 4.79 Å². The molecule has 1 fully saturated rings. The van der Waals surface area contributed by atoms with Crippen LogP contribution < -0.4 is 16.0 Å². The zero-order valence-corrected chi connectivity index (χ0v) is 17.9. The minimum Gasteiger partial charge on any atom is -0.341 e. The first kappa shape index (κ1) is 21.8. The van der Waals surface area contributed by atoms with Gasteiger partial charge in [0.2, 0.25) is 10.0 Å². The lowest BCUT2D eigenvalue weighted by Crippen LogP contribution is -2.36. The molecule has 0 bridgehead atoms. The van der Waals surface area contributed by atoms with Gasteiger partial charge in [0.1, 0.15) is 0 Å². The van der Waals surface area contributed by atoms with Crippen LogP contribution in [0.2, 0.25) is 0 Å². The maximum Gasteiger partial charge on any atom is 0.318 e. The Morgan fingerprint density at radius 2 is 1.50 bits per heavy atom.